The molecule has 0 aliphatic rings. The molecule has 11 heavy (non-hydrogen) atoms. The van der Waals surface area contributed by atoms with E-state index in [2.05, 4.69) is 19.2 Å². The lowest BCUT2D eigenvalue weighted by atomic mass is 10.3. The van der Waals surface area contributed by atoms with Crippen molar-refractivity contribution in [3.63, 3.8) is 0 Å². The number of nitrogens with one attached hydrogen (secondary N) is 1. The van der Waals surface area contributed by atoms with E-state index in [1.165, 1.54) is 0 Å². The average molecular weight is 177 g/mol. The molecule has 68 valence electrons. The van der Waals surface area contributed by atoms with E-state index in [1.54, 1.807) is 6.26 Å². The van der Waals surface area contributed by atoms with Crippen molar-refractivity contribution in [1.82, 2.24) is 5.32 Å². The second-order valence-electron chi connectivity index (χ2n) is 3.21. The van der Waals surface area contributed by atoms with Crippen LogP contribution in [0.1, 0.15) is 27.2 Å². The minimum absolute atomic E-state index is 0.321. The predicted octanol–water partition coefficient (Wildman–Crippen LogP) is 1.14. The normalized spacial score (nSPS) is 16.8. The number of hydrogen-bond acceptors (Lipinski definition) is 2. The highest BCUT2D eigenvalue weighted by Gasteiger charge is 2.04. The molecule has 0 aliphatic heterocycles. The van der Waals surface area contributed by atoms with Crippen LogP contribution in [-0.2, 0) is 10.8 Å². The van der Waals surface area contributed by atoms with Crippen LogP contribution in [0.25, 0.3) is 0 Å². The summed E-state index contributed by atoms with van der Waals surface area (Å²) in [6.07, 6.45) is 2.77. The van der Waals surface area contributed by atoms with E-state index in [0.29, 0.717) is 11.3 Å². The number of hydrogen-bond donors (Lipinski definition) is 1. The highest BCUT2D eigenvalue weighted by atomic mass is 32.2. The molecule has 2 unspecified atom stereocenters. The van der Waals surface area contributed by atoms with E-state index in [4.69, 9.17) is 0 Å². The summed E-state index contributed by atoms with van der Waals surface area (Å²) < 4.78 is 10.9. The van der Waals surface area contributed by atoms with Gasteiger partial charge in [0.15, 0.2) is 0 Å². The maximum absolute atomic E-state index is 10.9. The molecule has 0 bridgehead atoms. The number of rotatable bonds is 5. The second kappa shape index (κ2) is 5.72. The van der Waals surface area contributed by atoms with Gasteiger partial charge in [-0.1, -0.05) is 20.8 Å². The standard InChI is InChI=1S/C8H19NOS/c1-7(2)9-6-5-8(3)11(4)10/h7-9H,5-6H2,1-4H3. The van der Waals surface area contributed by atoms with Crippen LogP contribution in [0, 0.1) is 0 Å². The zero-order chi connectivity index (χ0) is 8.85. The maximum atomic E-state index is 10.9. The van der Waals surface area contributed by atoms with Gasteiger partial charge in [0, 0.05) is 28.3 Å². The summed E-state index contributed by atoms with van der Waals surface area (Å²) in [5.41, 5.74) is 0. The molecule has 0 spiro atoms. The van der Waals surface area contributed by atoms with Crippen LogP contribution in [0.5, 0.6) is 0 Å². The molecule has 2 atom stereocenters. The first-order valence-electron chi connectivity index (χ1n) is 4.09. The first kappa shape index (κ1) is 11.1. The van der Waals surface area contributed by atoms with Gasteiger partial charge in [0.1, 0.15) is 0 Å². The maximum Gasteiger partial charge on any atom is 0.0329 e. The zero-order valence-corrected chi connectivity index (χ0v) is 8.70. The van der Waals surface area contributed by atoms with Gasteiger partial charge in [0.2, 0.25) is 0 Å². The lowest BCUT2D eigenvalue weighted by Crippen LogP contribution is -2.26. The van der Waals surface area contributed by atoms with Gasteiger partial charge in [-0.25, -0.2) is 0 Å². The topological polar surface area (TPSA) is 29.1 Å². The lowest BCUT2D eigenvalue weighted by Gasteiger charge is -2.10. The van der Waals surface area contributed by atoms with Crippen LogP contribution in [0.15, 0.2) is 0 Å². The van der Waals surface area contributed by atoms with Gasteiger partial charge in [-0.05, 0) is 13.0 Å². The van der Waals surface area contributed by atoms with Crippen LogP contribution in [0.2, 0.25) is 0 Å². The fourth-order valence-corrected chi connectivity index (χ4v) is 1.19. The summed E-state index contributed by atoms with van der Waals surface area (Å²) in [5, 5.41) is 3.62. The van der Waals surface area contributed by atoms with E-state index in [0.717, 1.165) is 13.0 Å². The molecular formula is C8H19NOS. The van der Waals surface area contributed by atoms with Gasteiger partial charge in [0.25, 0.3) is 0 Å². The van der Waals surface area contributed by atoms with Gasteiger partial charge in [-0.15, -0.1) is 0 Å². The van der Waals surface area contributed by atoms with Crippen LogP contribution in [0.3, 0.4) is 0 Å². The first-order chi connectivity index (χ1) is 5.04. The third-order valence-electron chi connectivity index (χ3n) is 1.67. The molecule has 0 aromatic rings. The fourth-order valence-electron chi connectivity index (χ4n) is 0.741. The highest BCUT2D eigenvalue weighted by molar-refractivity contribution is 7.84. The Balaban J connectivity index is 3.31. The largest absolute Gasteiger partial charge is 0.314 e. The van der Waals surface area contributed by atoms with E-state index in [9.17, 15) is 4.21 Å². The first-order valence-corrected chi connectivity index (χ1v) is 5.71. The molecule has 0 heterocycles. The monoisotopic (exact) mass is 177 g/mol. The molecule has 1 N–H and O–H groups in total. The summed E-state index contributed by atoms with van der Waals surface area (Å²) in [4.78, 5) is 0. The molecule has 0 saturated carbocycles. The van der Waals surface area contributed by atoms with Crippen LogP contribution in [0.4, 0.5) is 0 Å². The van der Waals surface area contributed by atoms with Crippen molar-refractivity contribution in [2.75, 3.05) is 12.8 Å². The molecular weight excluding hydrogens is 158 g/mol. The van der Waals surface area contributed by atoms with E-state index >= 15 is 0 Å². The average Bonchev–Trinajstić information content (AvgIpc) is 1.86. The Morgan fingerprint density at radius 3 is 2.27 bits per heavy atom. The Labute approximate surface area is 72.2 Å². The van der Waals surface area contributed by atoms with Gasteiger partial charge in [-0.2, -0.15) is 0 Å². The Kier molecular flexibility index (Phi) is 5.78. The quantitative estimate of drug-likeness (QED) is 0.682. The Bertz CT molecular complexity index is 125. The smallest absolute Gasteiger partial charge is 0.0329 e. The highest BCUT2D eigenvalue weighted by Crippen LogP contribution is 1.97. The van der Waals surface area contributed by atoms with Crippen molar-refractivity contribution in [3.05, 3.63) is 0 Å². The Morgan fingerprint density at radius 1 is 1.36 bits per heavy atom. The summed E-state index contributed by atoms with van der Waals surface area (Å²) in [6, 6.07) is 0.535. The summed E-state index contributed by atoms with van der Waals surface area (Å²) >= 11 is 0. The van der Waals surface area contributed by atoms with Gasteiger partial charge < -0.3 is 5.32 Å². The molecule has 0 aromatic heterocycles. The third kappa shape index (κ3) is 6.51. The van der Waals surface area contributed by atoms with Crippen LogP contribution in [-0.4, -0.2) is 28.3 Å². The third-order valence-corrected chi connectivity index (χ3v) is 3.04. The molecule has 0 aromatic carbocycles. The molecule has 0 saturated heterocycles. The molecule has 0 radical (unpaired) electrons. The predicted molar refractivity (Wildman–Crippen MR) is 51.3 cm³/mol. The minimum Gasteiger partial charge on any atom is -0.314 e. The van der Waals surface area contributed by atoms with Crippen molar-refractivity contribution in [3.8, 4) is 0 Å². The Hall–Kier alpha value is 0.110. The van der Waals surface area contributed by atoms with E-state index in [-0.39, 0.29) is 0 Å². The molecule has 3 heteroatoms. The van der Waals surface area contributed by atoms with Gasteiger partial charge >= 0.3 is 0 Å². The van der Waals surface area contributed by atoms with Crippen LogP contribution < -0.4 is 5.32 Å². The van der Waals surface area contributed by atoms with Crippen molar-refractivity contribution in [2.45, 2.75) is 38.5 Å². The molecule has 0 fully saturated rings. The van der Waals surface area contributed by atoms with Crippen LogP contribution >= 0.6 is 0 Å². The van der Waals surface area contributed by atoms with E-state index in [1.807, 2.05) is 6.92 Å². The van der Waals surface area contributed by atoms with Gasteiger partial charge in [-0.3, -0.25) is 4.21 Å². The van der Waals surface area contributed by atoms with Crippen molar-refractivity contribution in [1.29, 1.82) is 0 Å². The molecule has 2 nitrogen and oxygen atoms in total. The molecule has 0 rings (SSSR count). The van der Waals surface area contributed by atoms with Crippen molar-refractivity contribution < 1.29 is 4.21 Å². The SMILES string of the molecule is CC(C)NCCC(C)S(C)=O. The Morgan fingerprint density at radius 2 is 1.91 bits per heavy atom. The second-order valence-corrected chi connectivity index (χ2v) is 5.01. The summed E-state index contributed by atoms with van der Waals surface area (Å²) in [6.45, 7) is 7.23. The van der Waals surface area contributed by atoms with E-state index < -0.39 is 10.8 Å². The van der Waals surface area contributed by atoms with Crippen molar-refractivity contribution >= 4 is 10.8 Å². The summed E-state index contributed by atoms with van der Waals surface area (Å²) in [7, 11) is -0.665. The van der Waals surface area contributed by atoms with Crippen molar-refractivity contribution in [2.24, 2.45) is 0 Å². The molecule has 0 aliphatic carbocycles. The molecule has 0 amide bonds. The summed E-state index contributed by atoms with van der Waals surface area (Å²) in [5.74, 6) is 0. The minimum atomic E-state index is -0.665. The lowest BCUT2D eigenvalue weighted by molar-refractivity contribution is 0.565. The van der Waals surface area contributed by atoms with Gasteiger partial charge in [0.05, 0.1) is 0 Å². The zero-order valence-electron chi connectivity index (χ0n) is 7.89. The fraction of sp³-hybridized carbons (Fsp3) is 1.00.